The standard InChI is InChI=1S/C5H14N2.BrH/c1-5(6)4-7(2)3;/h5H,4,6H2,1-3H3;1H. The van der Waals surface area contributed by atoms with E-state index in [-0.39, 0.29) is 17.0 Å². The van der Waals surface area contributed by atoms with Gasteiger partial charge in [-0.2, -0.15) is 0 Å². The Morgan fingerprint density at radius 3 is 1.88 bits per heavy atom. The summed E-state index contributed by atoms with van der Waals surface area (Å²) < 4.78 is 0. The van der Waals surface area contributed by atoms with Gasteiger partial charge in [0.15, 0.2) is 0 Å². The molecule has 3 N–H and O–H groups in total. The highest BCUT2D eigenvalue weighted by Crippen LogP contribution is 1.59. The van der Waals surface area contributed by atoms with Crippen LogP contribution in [0.25, 0.3) is 0 Å². The molecule has 52 valence electrons. The third-order valence-corrected chi connectivity index (χ3v) is 0.730. The summed E-state index contributed by atoms with van der Waals surface area (Å²) >= 11 is 0. The van der Waals surface area contributed by atoms with Crippen molar-refractivity contribution in [2.45, 2.75) is 13.0 Å². The number of nitrogens with two attached hydrogens (primary N) is 1. The van der Waals surface area contributed by atoms with Crippen molar-refractivity contribution in [1.82, 2.24) is 0 Å². The topological polar surface area (TPSA) is 30.5 Å². The van der Waals surface area contributed by atoms with Crippen molar-refractivity contribution in [3.8, 4) is 0 Å². The lowest BCUT2D eigenvalue weighted by atomic mass is 10.3. The average Bonchev–Trinajstić information content (AvgIpc) is 1.27. The van der Waals surface area contributed by atoms with E-state index in [9.17, 15) is 0 Å². The van der Waals surface area contributed by atoms with Crippen molar-refractivity contribution in [2.24, 2.45) is 5.73 Å². The van der Waals surface area contributed by atoms with Crippen LogP contribution in [-0.2, 0) is 0 Å². The fourth-order valence-corrected chi connectivity index (χ4v) is 0.644. The number of quaternary nitrogens is 1. The maximum absolute atomic E-state index is 5.47. The van der Waals surface area contributed by atoms with Crippen molar-refractivity contribution < 1.29 is 21.9 Å². The smallest absolute Gasteiger partial charge is 0.0917 e. The first-order valence-electron chi connectivity index (χ1n) is 2.67. The summed E-state index contributed by atoms with van der Waals surface area (Å²) in [5, 5.41) is 0. The molecule has 0 heterocycles. The lowest BCUT2D eigenvalue weighted by molar-refractivity contribution is -0.859. The zero-order chi connectivity index (χ0) is 5.86. The van der Waals surface area contributed by atoms with Crippen LogP contribution in [0.3, 0.4) is 0 Å². The van der Waals surface area contributed by atoms with Crippen LogP contribution in [0, 0.1) is 0 Å². The molecule has 0 saturated heterocycles. The summed E-state index contributed by atoms with van der Waals surface area (Å²) in [6, 6.07) is 0.338. The molecule has 0 aliphatic heterocycles. The Balaban J connectivity index is 0. The van der Waals surface area contributed by atoms with Gasteiger partial charge in [0, 0.05) is 0 Å². The van der Waals surface area contributed by atoms with Gasteiger partial charge in [-0.25, -0.2) is 0 Å². The van der Waals surface area contributed by atoms with Crippen LogP contribution in [0.1, 0.15) is 6.92 Å². The van der Waals surface area contributed by atoms with Gasteiger partial charge >= 0.3 is 0 Å². The van der Waals surface area contributed by atoms with E-state index in [1.165, 1.54) is 4.90 Å². The number of rotatable bonds is 2. The van der Waals surface area contributed by atoms with Crippen LogP contribution in [0.2, 0.25) is 0 Å². The first kappa shape index (κ1) is 11.2. The quantitative estimate of drug-likeness (QED) is 0.444. The molecule has 0 amide bonds. The van der Waals surface area contributed by atoms with Crippen molar-refractivity contribution >= 4 is 0 Å². The number of hydrogen-bond donors (Lipinski definition) is 2. The number of nitrogens with one attached hydrogen (secondary N) is 1. The number of likely N-dealkylation sites (N-methyl/N-ethyl adjacent to an activating group) is 1. The molecule has 3 heteroatoms. The first-order valence-corrected chi connectivity index (χ1v) is 2.67. The molecule has 8 heavy (non-hydrogen) atoms. The Hall–Kier alpha value is 0.400. The molecule has 0 aromatic rings. The van der Waals surface area contributed by atoms with Crippen molar-refractivity contribution in [3.63, 3.8) is 0 Å². The highest BCUT2D eigenvalue weighted by Gasteiger charge is 1.95. The average molecular weight is 183 g/mol. The lowest BCUT2D eigenvalue weighted by Crippen LogP contribution is -3.07. The largest absolute Gasteiger partial charge is 1.00 e. The molecule has 0 radical (unpaired) electrons. The lowest BCUT2D eigenvalue weighted by Gasteiger charge is -2.08. The van der Waals surface area contributed by atoms with Crippen molar-refractivity contribution in [2.75, 3.05) is 20.6 Å². The van der Waals surface area contributed by atoms with E-state index in [0.29, 0.717) is 6.04 Å². The summed E-state index contributed by atoms with van der Waals surface area (Å²) in [6.45, 7) is 3.08. The molecule has 0 aromatic heterocycles. The van der Waals surface area contributed by atoms with Crippen LogP contribution in [-0.4, -0.2) is 26.7 Å². The third kappa shape index (κ3) is 9.64. The van der Waals surface area contributed by atoms with Gasteiger partial charge < -0.3 is 27.6 Å². The molecule has 1 unspecified atom stereocenters. The Morgan fingerprint density at radius 1 is 1.50 bits per heavy atom. The minimum atomic E-state index is 0. The summed E-state index contributed by atoms with van der Waals surface area (Å²) in [5.74, 6) is 0. The molecule has 0 aromatic carbocycles. The minimum absolute atomic E-state index is 0. The van der Waals surface area contributed by atoms with Crippen LogP contribution in [0.5, 0.6) is 0 Å². The second kappa shape index (κ2) is 5.54. The van der Waals surface area contributed by atoms with E-state index in [0.717, 1.165) is 6.54 Å². The van der Waals surface area contributed by atoms with Crippen LogP contribution >= 0.6 is 0 Å². The molecular formula is C5H15BrN2. The number of halogens is 1. The van der Waals surface area contributed by atoms with Gasteiger partial charge in [-0.15, -0.1) is 0 Å². The highest BCUT2D eigenvalue weighted by atomic mass is 79.9. The van der Waals surface area contributed by atoms with Crippen molar-refractivity contribution in [1.29, 1.82) is 0 Å². The zero-order valence-electron chi connectivity index (χ0n) is 5.74. The Bertz CT molecular complexity index is 39.7. The predicted molar refractivity (Wildman–Crippen MR) is 31.3 cm³/mol. The predicted octanol–water partition coefficient (Wildman–Crippen LogP) is -4.52. The van der Waals surface area contributed by atoms with E-state index in [1.807, 2.05) is 6.92 Å². The zero-order valence-corrected chi connectivity index (χ0v) is 7.33. The van der Waals surface area contributed by atoms with Crippen LogP contribution in [0.15, 0.2) is 0 Å². The van der Waals surface area contributed by atoms with E-state index >= 15 is 0 Å². The SMILES string of the molecule is CC(N)C[NH+](C)C.[Br-]. The molecule has 0 rings (SSSR count). The van der Waals surface area contributed by atoms with Gasteiger partial charge in [0.05, 0.1) is 26.7 Å². The van der Waals surface area contributed by atoms with Gasteiger partial charge in [0.1, 0.15) is 0 Å². The van der Waals surface area contributed by atoms with E-state index < -0.39 is 0 Å². The molecule has 0 aliphatic carbocycles. The molecule has 1 atom stereocenters. The number of hydrogen-bond acceptors (Lipinski definition) is 1. The van der Waals surface area contributed by atoms with Crippen LogP contribution < -0.4 is 27.6 Å². The molecule has 2 nitrogen and oxygen atoms in total. The highest BCUT2D eigenvalue weighted by molar-refractivity contribution is 4.44. The minimum Gasteiger partial charge on any atom is -1.00 e. The first-order chi connectivity index (χ1) is 3.13. The van der Waals surface area contributed by atoms with E-state index in [4.69, 9.17) is 5.73 Å². The normalized spacial score (nSPS) is 13.1. The maximum Gasteiger partial charge on any atom is 0.0917 e. The van der Waals surface area contributed by atoms with E-state index in [1.54, 1.807) is 0 Å². The molecule has 0 spiro atoms. The molecule has 0 fully saturated rings. The fourth-order valence-electron chi connectivity index (χ4n) is 0.644. The van der Waals surface area contributed by atoms with Gasteiger partial charge in [0.25, 0.3) is 0 Å². The molecular weight excluding hydrogens is 168 g/mol. The summed E-state index contributed by atoms with van der Waals surface area (Å²) in [7, 11) is 4.20. The van der Waals surface area contributed by atoms with E-state index in [2.05, 4.69) is 14.1 Å². The third-order valence-electron chi connectivity index (χ3n) is 0.730. The van der Waals surface area contributed by atoms with Gasteiger partial charge in [-0.3, -0.25) is 0 Å². The molecule has 0 saturated carbocycles. The Kier molecular flexibility index (Phi) is 7.77. The monoisotopic (exact) mass is 182 g/mol. The Labute approximate surface area is 61.8 Å². The molecule has 0 bridgehead atoms. The summed E-state index contributed by atoms with van der Waals surface area (Å²) in [5.41, 5.74) is 5.47. The van der Waals surface area contributed by atoms with Gasteiger partial charge in [0.2, 0.25) is 0 Å². The van der Waals surface area contributed by atoms with Gasteiger partial charge in [-0.05, 0) is 6.92 Å². The fraction of sp³-hybridized carbons (Fsp3) is 1.00. The van der Waals surface area contributed by atoms with Crippen molar-refractivity contribution in [3.05, 3.63) is 0 Å². The summed E-state index contributed by atoms with van der Waals surface area (Å²) in [4.78, 5) is 1.41. The van der Waals surface area contributed by atoms with Crippen LogP contribution in [0.4, 0.5) is 0 Å². The Morgan fingerprint density at radius 2 is 1.88 bits per heavy atom. The molecule has 0 aliphatic rings. The van der Waals surface area contributed by atoms with Gasteiger partial charge in [-0.1, -0.05) is 0 Å². The second-order valence-electron chi connectivity index (χ2n) is 2.39. The maximum atomic E-state index is 5.47. The second-order valence-corrected chi connectivity index (χ2v) is 2.39. The summed E-state index contributed by atoms with van der Waals surface area (Å²) in [6.07, 6.45) is 0.